The molecule has 24 heavy (non-hydrogen) atoms. The molecular formula is C16H13N3O5. The Morgan fingerprint density at radius 2 is 1.46 bits per heavy atom. The van der Waals surface area contributed by atoms with Gasteiger partial charge in [-0.15, -0.1) is 0 Å². The van der Waals surface area contributed by atoms with Gasteiger partial charge in [0.2, 0.25) is 0 Å². The Labute approximate surface area is 136 Å². The van der Waals surface area contributed by atoms with Crippen molar-refractivity contribution in [3.8, 4) is 0 Å². The highest BCUT2D eigenvalue weighted by molar-refractivity contribution is 6.43. The van der Waals surface area contributed by atoms with E-state index in [2.05, 4.69) is 10.6 Å². The summed E-state index contributed by atoms with van der Waals surface area (Å²) in [7, 11) is 0. The largest absolute Gasteiger partial charge is 0.318 e. The van der Waals surface area contributed by atoms with Crippen LogP contribution < -0.4 is 10.6 Å². The van der Waals surface area contributed by atoms with Crippen molar-refractivity contribution in [1.29, 1.82) is 0 Å². The second-order valence-corrected chi connectivity index (χ2v) is 4.85. The predicted molar refractivity (Wildman–Crippen MR) is 86.8 cm³/mol. The first-order chi connectivity index (χ1) is 11.4. The van der Waals surface area contributed by atoms with E-state index in [4.69, 9.17) is 0 Å². The van der Waals surface area contributed by atoms with Crippen LogP contribution in [0.4, 0.5) is 17.1 Å². The lowest BCUT2D eigenvalue weighted by molar-refractivity contribution is -0.384. The Morgan fingerprint density at radius 1 is 0.917 bits per heavy atom. The molecule has 122 valence electrons. The number of Topliss-reactive ketones (excluding diaryl/α,β-unsaturated/α-hetero) is 1. The summed E-state index contributed by atoms with van der Waals surface area (Å²) in [6.07, 6.45) is 0. The highest BCUT2D eigenvalue weighted by Crippen LogP contribution is 2.17. The molecule has 2 aromatic rings. The van der Waals surface area contributed by atoms with Gasteiger partial charge >= 0.3 is 11.8 Å². The summed E-state index contributed by atoms with van der Waals surface area (Å²) in [4.78, 5) is 45.1. The van der Waals surface area contributed by atoms with Gasteiger partial charge in [0.15, 0.2) is 5.78 Å². The number of nitrogens with zero attached hydrogens (tertiary/aromatic N) is 1. The lowest BCUT2D eigenvalue weighted by Crippen LogP contribution is -2.29. The number of amides is 2. The van der Waals surface area contributed by atoms with Crippen LogP contribution in [0.3, 0.4) is 0 Å². The van der Waals surface area contributed by atoms with Crippen molar-refractivity contribution in [2.45, 2.75) is 6.92 Å². The van der Waals surface area contributed by atoms with Crippen LogP contribution in [0, 0.1) is 10.1 Å². The number of nitro groups is 1. The Kier molecular flexibility index (Phi) is 5.00. The number of hydrogen-bond donors (Lipinski definition) is 2. The minimum absolute atomic E-state index is 0.127. The van der Waals surface area contributed by atoms with Gasteiger partial charge in [-0.1, -0.05) is 18.2 Å². The molecule has 2 N–H and O–H groups in total. The molecule has 0 aromatic heterocycles. The lowest BCUT2D eigenvalue weighted by Gasteiger charge is -2.07. The van der Waals surface area contributed by atoms with E-state index in [9.17, 15) is 24.5 Å². The number of nitro benzene ring substituents is 1. The summed E-state index contributed by atoms with van der Waals surface area (Å²) in [5.41, 5.74) is 0.609. The van der Waals surface area contributed by atoms with Crippen molar-refractivity contribution in [2.75, 3.05) is 10.6 Å². The van der Waals surface area contributed by atoms with Gasteiger partial charge in [-0.05, 0) is 25.1 Å². The second-order valence-electron chi connectivity index (χ2n) is 4.85. The minimum Gasteiger partial charge on any atom is -0.318 e. The third-order valence-corrected chi connectivity index (χ3v) is 3.05. The first-order valence-electron chi connectivity index (χ1n) is 6.84. The SMILES string of the molecule is CC(=O)c1cccc(NC(=O)C(=O)Nc2cccc([N+](=O)[O-])c2)c1. The van der Waals surface area contributed by atoms with E-state index < -0.39 is 16.7 Å². The molecule has 0 heterocycles. The number of carbonyl (C=O) groups is 3. The summed E-state index contributed by atoms with van der Waals surface area (Å²) in [6.45, 7) is 1.38. The van der Waals surface area contributed by atoms with E-state index >= 15 is 0 Å². The third-order valence-electron chi connectivity index (χ3n) is 3.05. The van der Waals surface area contributed by atoms with Crippen molar-refractivity contribution >= 4 is 34.7 Å². The van der Waals surface area contributed by atoms with Crippen LogP contribution >= 0.6 is 0 Å². The molecular weight excluding hydrogens is 314 g/mol. The van der Waals surface area contributed by atoms with Crippen LogP contribution in [0.25, 0.3) is 0 Å². The molecule has 8 heteroatoms. The van der Waals surface area contributed by atoms with Crippen LogP contribution in [0.15, 0.2) is 48.5 Å². The van der Waals surface area contributed by atoms with Crippen molar-refractivity contribution in [3.05, 3.63) is 64.2 Å². The van der Waals surface area contributed by atoms with E-state index in [0.717, 1.165) is 6.07 Å². The molecule has 0 unspecified atom stereocenters. The zero-order chi connectivity index (χ0) is 17.7. The van der Waals surface area contributed by atoms with Gasteiger partial charge in [0.1, 0.15) is 0 Å². The fraction of sp³-hybridized carbons (Fsp3) is 0.0625. The normalized spacial score (nSPS) is 9.88. The summed E-state index contributed by atoms with van der Waals surface area (Å²) >= 11 is 0. The molecule has 2 rings (SSSR count). The molecule has 0 radical (unpaired) electrons. The van der Waals surface area contributed by atoms with Gasteiger partial charge in [0, 0.05) is 29.1 Å². The maximum Gasteiger partial charge on any atom is 0.314 e. The molecule has 0 aliphatic carbocycles. The molecule has 2 aromatic carbocycles. The minimum atomic E-state index is -0.983. The van der Waals surface area contributed by atoms with E-state index in [1.807, 2.05) is 0 Å². The predicted octanol–water partition coefficient (Wildman–Crippen LogP) is 2.37. The second kappa shape index (κ2) is 7.14. The molecule has 0 aliphatic heterocycles. The Bertz CT molecular complexity index is 762. The van der Waals surface area contributed by atoms with Crippen LogP contribution in [0.2, 0.25) is 0 Å². The molecule has 0 fully saturated rings. The first-order valence-corrected chi connectivity index (χ1v) is 6.84. The van der Waals surface area contributed by atoms with E-state index in [1.165, 1.54) is 37.3 Å². The van der Waals surface area contributed by atoms with Gasteiger partial charge in [-0.3, -0.25) is 24.5 Å². The molecule has 0 atom stereocenters. The average Bonchev–Trinajstić information content (AvgIpc) is 2.55. The van der Waals surface area contributed by atoms with E-state index in [0.29, 0.717) is 11.3 Å². The summed E-state index contributed by atoms with van der Waals surface area (Å²) in [5, 5.41) is 15.3. The topological polar surface area (TPSA) is 118 Å². The zero-order valence-corrected chi connectivity index (χ0v) is 12.6. The first kappa shape index (κ1) is 16.8. The maximum absolute atomic E-state index is 11.9. The van der Waals surface area contributed by atoms with Gasteiger partial charge in [-0.2, -0.15) is 0 Å². The van der Waals surface area contributed by atoms with E-state index in [-0.39, 0.29) is 17.2 Å². The molecule has 8 nitrogen and oxygen atoms in total. The maximum atomic E-state index is 11.9. The van der Waals surface area contributed by atoms with Crippen LogP contribution in [-0.4, -0.2) is 22.5 Å². The number of rotatable bonds is 4. The lowest BCUT2D eigenvalue weighted by atomic mass is 10.1. The highest BCUT2D eigenvalue weighted by Gasteiger charge is 2.16. The molecule has 0 bridgehead atoms. The van der Waals surface area contributed by atoms with Gasteiger partial charge < -0.3 is 10.6 Å². The van der Waals surface area contributed by atoms with Crippen molar-refractivity contribution < 1.29 is 19.3 Å². The number of hydrogen-bond acceptors (Lipinski definition) is 5. The van der Waals surface area contributed by atoms with Crippen molar-refractivity contribution in [3.63, 3.8) is 0 Å². The van der Waals surface area contributed by atoms with E-state index in [1.54, 1.807) is 12.1 Å². The smallest absolute Gasteiger partial charge is 0.314 e. The van der Waals surface area contributed by atoms with Crippen LogP contribution in [-0.2, 0) is 9.59 Å². The fourth-order valence-corrected chi connectivity index (χ4v) is 1.89. The summed E-state index contributed by atoms with van der Waals surface area (Å²) in [5.74, 6) is -2.11. The van der Waals surface area contributed by atoms with Gasteiger partial charge in [0.05, 0.1) is 4.92 Å². The monoisotopic (exact) mass is 327 g/mol. The summed E-state index contributed by atoms with van der Waals surface area (Å²) < 4.78 is 0. The Balaban J connectivity index is 2.06. The highest BCUT2D eigenvalue weighted by atomic mass is 16.6. The Hall–Kier alpha value is -3.55. The number of anilines is 2. The van der Waals surface area contributed by atoms with Crippen LogP contribution in [0.1, 0.15) is 17.3 Å². The van der Waals surface area contributed by atoms with Crippen LogP contribution in [0.5, 0.6) is 0 Å². The molecule has 0 saturated carbocycles. The van der Waals surface area contributed by atoms with Gasteiger partial charge in [-0.25, -0.2) is 0 Å². The number of nitrogens with one attached hydrogen (secondary N) is 2. The third kappa shape index (κ3) is 4.23. The standard InChI is InChI=1S/C16H13N3O5/c1-10(20)11-4-2-5-12(8-11)17-15(21)16(22)18-13-6-3-7-14(9-13)19(23)24/h2-9H,1H3,(H,17,21)(H,18,22). The Morgan fingerprint density at radius 3 is 2.00 bits per heavy atom. The average molecular weight is 327 g/mol. The van der Waals surface area contributed by atoms with Gasteiger partial charge in [0.25, 0.3) is 5.69 Å². The number of carbonyl (C=O) groups excluding carboxylic acids is 3. The number of non-ortho nitro benzene ring substituents is 1. The van der Waals surface area contributed by atoms with Crippen molar-refractivity contribution in [1.82, 2.24) is 0 Å². The number of benzene rings is 2. The quantitative estimate of drug-likeness (QED) is 0.387. The molecule has 2 amide bonds. The molecule has 0 spiro atoms. The summed E-state index contributed by atoms with van der Waals surface area (Å²) in [6, 6.07) is 11.4. The van der Waals surface area contributed by atoms with Crippen molar-refractivity contribution in [2.24, 2.45) is 0 Å². The molecule has 0 aliphatic rings. The zero-order valence-electron chi connectivity index (χ0n) is 12.6. The molecule has 0 saturated heterocycles. The number of ketones is 1. The fourth-order valence-electron chi connectivity index (χ4n) is 1.89.